The number of carbonyl (C=O) groups is 2. The van der Waals surface area contributed by atoms with Crippen LogP contribution in [0.2, 0.25) is 0 Å². The van der Waals surface area contributed by atoms with Gasteiger partial charge in [-0.15, -0.1) is 0 Å². The zero-order chi connectivity index (χ0) is 22.9. The largest absolute Gasteiger partial charge is 0.479 e. The molecule has 0 aliphatic carbocycles. The van der Waals surface area contributed by atoms with Crippen molar-refractivity contribution >= 4 is 23.2 Å². The Morgan fingerprint density at radius 1 is 1.12 bits per heavy atom. The standard InChI is InChI=1S/C22H19F3N4O3/c1-14-21(31)28(17-4-2-3-5-18(17)32-14)13-11-20(30)27-15-6-8-16(9-7-15)29-19(10-12-26-29)22(23,24)25/h2-10,12,14H,11,13H2,1H3,(H,27,30). The molecule has 1 aliphatic heterocycles. The van der Waals surface area contributed by atoms with E-state index in [9.17, 15) is 22.8 Å². The average Bonchev–Trinajstić information content (AvgIpc) is 3.25. The highest BCUT2D eigenvalue weighted by Gasteiger charge is 2.35. The van der Waals surface area contributed by atoms with Gasteiger partial charge < -0.3 is 15.0 Å². The van der Waals surface area contributed by atoms with Crippen molar-refractivity contribution in [2.24, 2.45) is 0 Å². The van der Waals surface area contributed by atoms with Gasteiger partial charge in [-0.05, 0) is 49.4 Å². The third kappa shape index (κ3) is 4.29. The first kappa shape index (κ1) is 21.4. The van der Waals surface area contributed by atoms with E-state index < -0.39 is 18.0 Å². The molecule has 0 saturated carbocycles. The molecule has 1 N–H and O–H groups in total. The maximum Gasteiger partial charge on any atom is 0.433 e. The molecule has 0 bridgehead atoms. The van der Waals surface area contributed by atoms with Gasteiger partial charge in [0.05, 0.1) is 17.6 Å². The number of alkyl halides is 3. The number of rotatable bonds is 5. The second kappa shape index (κ2) is 8.37. The molecule has 166 valence electrons. The molecule has 1 aromatic heterocycles. The molecule has 0 radical (unpaired) electrons. The molecular formula is C22H19F3N4O3. The minimum absolute atomic E-state index is 0.0337. The summed E-state index contributed by atoms with van der Waals surface area (Å²) in [5, 5.41) is 6.41. The van der Waals surface area contributed by atoms with Crippen molar-refractivity contribution in [3.63, 3.8) is 0 Å². The summed E-state index contributed by atoms with van der Waals surface area (Å²) < 4.78 is 45.5. The first-order valence-electron chi connectivity index (χ1n) is 9.82. The molecule has 1 unspecified atom stereocenters. The fraction of sp³-hybridized carbons (Fsp3) is 0.227. The molecule has 2 amide bonds. The third-order valence-corrected chi connectivity index (χ3v) is 4.96. The predicted octanol–water partition coefficient (Wildman–Crippen LogP) is 4.03. The van der Waals surface area contributed by atoms with E-state index in [1.807, 2.05) is 0 Å². The van der Waals surface area contributed by atoms with E-state index in [1.165, 1.54) is 29.2 Å². The number of halogens is 3. The maximum atomic E-state index is 13.0. The topological polar surface area (TPSA) is 76.5 Å². The summed E-state index contributed by atoms with van der Waals surface area (Å²) >= 11 is 0. The number of carbonyl (C=O) groups excluding carboxylic acids is 2. The minimum atomic E-state index is -4.53. The van der Waals surface area contributed by atoms with Crippen LogP contribution >= 0.6 is 0 Å². The van der Waals surface area contributed by atoms with Crippen molar-refractivity contribution < 1.29 is 27.5 Å². The Labute approximate surface area is 181 Å². The van der Waals surface area contributed by atoms with Crippen LogP contribution in [0.1, 0.15) is 19.0 Å². The molecule has 3 aromatic rings. The summed E-state index contributed by atoms with van der Waals surface area (Å²) in [5.41, 5.74) is 0.345. The number of aromatic nitrogens is 2. The van der Waals surface area contributed by atoms with E-state index in [0.717, 1.165) is 16.9 Å². The van der Waals surface area contributed by atoms with Gasteiger partial charge in [0.15, 0.2) is 6.10 Å². The van der Waals surface area contributed by atoms with Crippen LogP contribution in [0.5, 0.6) is 5.75 Å². The highest BCUT2D eigenvalue weighted by molar-refractivity contribution is 6.00. The monoisotopic (exact) mass is 444 g/mol. The van der Waals surface area contributed by atoms with Gasteiger partial charge in [0, 0.05) is 18.7 Å². The number of amides is 2. The Bertz CT molecular complexity index is 1140. The summed E-state index contributed by atoms with van der Waals surface area (Å²) in [6, 6.07) is 13.8. The molecular weight excluding hydrogens is 425 g/mol. The van der Waals surface area contributed by atoms with Crippen LogP contribution in [-0.2, 0) is 15.8 Å². The molecule has 10 heteroatoms. The van der Waals surface area contributed by atoms with E-state index in [0.29, 0.717) is 17.1 Å². The van der Waals surface area contributed by atoms with Crippen molar-refractivity contribution in [1.82, 2.24) is 9.78 Å². The smallest absolute Gasteiger partial charge is 0.433 e. The van der Waals surface area contributed by atoms with Gasteiger partial charge in [-0.2, -0.15) is 18.3 Å². The van der Waals surface area contributed by atoms with Crippen LogP contribution in [0.25, 0.3) is 5.69 Å². The normalized spacial score (nSPS) is 15.8. The van der Waals surface area contributed by atoms with Gasteiger partial charge in [-0.25, -0.2) is 4.68 Å². The van der Waals surface area contributed by atoms with E-state index in [-0.39, 0.29) is 30.5 Å². The number of para-hydroxylation sites is 2. The lowest BCUT2D eigenvalue weighted by atomic mass is 10.1. The quantitative estimate of drug-likeness (QED) is 0.645. The van der Waals surface area contributed by atoms with Crippen molar-refractivity contribution in [3.05, 3.63) is 66.5 Å². The number of fused-ring (bicyclic) bond motifs is 1. The Balaban J connectivity index is 1.40. The Kier molecular flexibility index (Phi) is 5.60. The minimum Gasteiger partial charge on any atom is -0.479 e. The van der Waals surface area contributed by atoms with Gasteiger partial charge in [0.2, 0.25) is 5.91 Å². The number of nitrogens with zero attached hydrogens (tertiary/aromatic N) is 3. The summed E-state index contributed by atoms with van der Waals surface area (Å²) in [6.07, 6.45) is -4.07. The zero-order valence-corrected chi connectivity index (χ0v) is 17.0. The van der Waals surface area contributed by atoms with E-state index >= 15 is 0 Å². The van der Waals surface area contributed by atoms with Crippen molar-refractivity contribution in [1.29, 1.82) is 0 Å². The van der Waals surface area contributed by atoms with Gasteiger partial charge in [0.1, 0.15) is 11.4 Å². The highest BCUT2D eigenvalue weighted by atomic mass is 19.4. The van der Waals surface area contributed by atoms with Gasteiger partial charge in [-0.3, -0.25) is 9.59 Å². The van der Waals surface area contributed by atoms with Crippen LogP contribution in [0.3, 0.4) is 0 Å². The van der Waals surface area contributed by atoms with E-state index in [1.54, 1.807) is 31.2 Å². The predicted molar refractivity (Wildman–Crippen MR) is 111 cm³/mol. The van der Waals surface area contributed by atoms with Crippen molar-refractivity contribution in [2.75, 3.05) is 16.8 Å². The fourth-order valence-corrected chi connectivity index (χ4v) is 3.44. The number of ether oxygens (including phenoxy) is 1. The van der Waals surface area contributed by atoms with E-state index in [2.05, 4.69) is 10.4 Å². The number of hydrogen-bond acceptors (Lipinski definition) is 4. The molecule has 0 spiro atoms. The first-order chi connectivity index (χ1) is 15.2. The van der Waals surface area contributed by atoms with Crippen LogP contribution < -0.4 is 15.0 Å². The lowest BCUT2D eigenvalue weighted by Gasteiger charge is -2.32. The van der Waals surface area contributed by atoms with Crippen molar-refractivity contribution in [3.8, 4) is 11.4 Å². The fourth-order valence-electron chi connectivity index (χ4n) is 3.44. The molecule has 32 heavy (non-hydrogen) atoms. The number of hydrogen-bond donors (Lipinski definition) is 1. The van der Waals surface area contributed by atoms with Crippen LogP contribution in [-0.4, -0.2) is 34.2 Å². The second-order valence-corrected chi connectivity index (χ2v) is 7.19. The molecule has 1 atom stereocenters. The molecule has 4 rings (SSSR count). The Morgan fingerprint density at radius 3 is 2.56 bits per heavy atom. The second-order valence-electron chi connectivity index (χ2n) is 7.19. The van der Waals surface area contributed by atoms with Crippen molar-refractivity contribution in [2.45, 2.75) is 25.6 Å². The van der Waals surface area contributed by atoms with Gasteiger partial charge in [-0.1, -0.05) is 12.1 Å². The Morgan fingerprint density at radius 2 is 1.84 bits per heavy atom. The molecule has 0 fully saturated rings. The number of benzene rings is 2. The van der Waals surface area contributed by atoms with E-state index in [4.69, 9.17) is 4.74 Å². The summed E-state index contributed by atoms with van der Waals surface area (Å²) in [7, 11) is 0. The molecule has 2 heterocycles. The van der Waals surface area contributed by atoms with Gasteiger partial charge >= 0.3 is 6.18 Å². The third-order valence-electron chi connectivity index (χ3n) is 4.96. The molecule has 2 aromatic carbocycles. The molecule has 0 saturated heterocycles. The lowest BCUT2D eigenvalue weighted by molar-refractivity contribution is -0.142. The van der Waals surface area contributed by atoms with Crippen LogP contribution in [0, 0.1) is 0 Å². The summed E-state index contributed by atoms with van der Waals surface area (Å²) in [5.74, 6) is 0.00485. The van der Waals surface area contributed by atoms with Crippen LogP contribution in [0.15, 0.2) is 60.8 Å². The summed E-state index contributed by atoms with van der Waals surface area (Å²) in [6.45, 7) is 1.81. The maximum absolute atomic E-state index is 13.0. The lowest BCUT2D eigenvalue weighted by Crippen LogP contribution is -2.45. The number of nitrogens with one attached hydrogen (secondary N) is 1. The van der Waals surface area contributed by atoms with Gasteiger partial charge in [0.25, 0.3) is 5.91 Å². The number of anilines is 2. The average molecular weight is 444 g/mol. The van der Waals surface area contributed by atoms with Crippen LogP contribution in [0.4, 0.5) is 24.5 Å². The first-order valence-corrected chi connectivity index (χ1v) is 9.82. The highest BCUT2D eigenvalue weighted by Crippen LogP contribution is 2.34. The molecule has 7 nitrogen and oxygen atoms in total. The Hall–Kier alpha value is -3.82. The summed E-state index contributed by atoms with van der Waals surface area (Å²) in [4.78, 5) is 26.4. The zero-order valence-electron chi connectivity index (χ0n) is 17.0. The molecule has 1 aliphatic rings. The SMILES string of the molecule is CC1Oc2ccccc2N(CCC(=O)Nc2ccc(-n3nccc3C(F)(F)F)cc2)C1=O.